The Morgan fingerprint density at radius 1 is 1.45 bits per heavy atom. The number of nitrogens with zero attached hydrogens (tertiary/aromatic N) is 2. The van der Waals surface area contributed by atoms with E-state index in [-0.39, 0.29) is 29.4 Å². The van der Waals surface area contributed by atoms with Crippen molar-refractivity contribution >= 4 is 17.2 Å². The summed E-state index contributed by atoms with van der Waals surface area (Å²) in [6.45, 7) is 10.5. The topological polar surface area (TPSA) is 59.2 Å². The fourth-order valence-corrected chi connectivity index (χ4v) is 3.61. The molecule has 1 aromatic rings. The van der Waals surface area contributed by atoms with Crippen LogP contribution in [0.3, 0.4) is 0 Å². The Balaban J connectivity index is 2.36. The van der Waals surface area contributed by atoms with Crippen LogP contribution in [0.1, 0.15) is 64.2 Å². The lowest BCUT2D eigenvalue weighted by Gasteiger charge is -2.41. The number of nitrogens with two attached hydrogens (primary N) is 1. The summed E-state index contributed by atoms with van der Waals surface area (Å²) in [7, 11) is 0. The molecule has 112 valence electrons. The van der Waals surface area contributed by atoms with E-state index >= 15 is 0 Å². The highest BCUT2D eigenvalue weighted by molar-refractivity contribution is 7.09. The summed E-state index contributed by atoms with van der Waals surface area (Å²) in [5, 5.41) is 3.17. The number of rotatable bonds is 2. The Kier molecular flexibility index (Phi) is 4.21. The highest BCUT2D eigenvalue weighted by Crippen LogP contribution is 2.35. The molecule has 2 rings (SSSR count). The van der Waals surface area contributed by atoms with Gasteiger partial charge in [-0.25, -0.2) is 4.98 Å². The summed E-state index contributed by atoms with van der Waals surface area (Å²) in [5.41, 5.74) is 7.28. The van der Waals surface area contributed by atoms with Crippen molar-refractivity contribution in [3.63, 3.8) is 0 Å². The van der Waals surface area contributed by atoms with Gasteiger partial charge in [-0.15, -0.1) is 11.3 Å². The number of carbonyl (C=O) groups excluding carboxylic acids is 1. The molecule has 0 aliphatic carbocycles. The molecule has 1 aromatic heterocycles. The highest BCUT2D eigenvalue weighted by Gasteiger charge is 2.38. The third-order valence-corrected chi connectivity index (χ3v) is 4.99. The van der Waals surface area contributed by atoms with E-state index in [2.05, 4.69) is 26.2 Å². The number of hydrogen-bond donors (Lipinski definition) is 1. The average molecular weight is 295 g/mol. The number of piperidine rings is 1. The van der Waals surface area contributed by atoms with Crippen molar-refractivity contribution < 1.29 is 4.79 Å². The molecule has 1 fully saturated rings. The molecule has 1 saturated heterocycles. The fraction of sp³-hybridized carbons (Fsp3) is 0.733. The molecule has 0 spiro atoms. The van der Waals surface area contributed by atoms with Crippen LogP contribution < -0.4 is 5.73 Å². The summed E-state index contributed by atoms with van der Waals surface area (Å²) < 4.78 is 0. The first-order chi connectivity index (χ1) is 9.21. The van der Waals surface area contributed by atoms with Crippen LogP contribution in [0.2, 0.25) is 0 Å². The first kappa shape index (κ1) is 15.4. The van der Waals surface area contributed by atoms with E-state index in [1.807, 2.05) is 18.7 Å². The SMILES string of the molecule is CC(C)N1C(=O)CCC(N)C1c1csc(C(C)(C)C)n1. The number of likely N-dealkylation sites (tertiary alicyclic amines) is 1. The van der Waals surface area contributed by atoms with Gasteiger partial charge in [0.15, 0.2) is 0 Å². The number of amides is 1. The Morgan fingerprint density at radius 2 is 2.10 bits per heavy atom. The van der Waals surface area contributed by atoms with Gasteiger partial charge in [0.1, 0.15) is 0 Å². The lowest BCUT2D eigenvalue weighted by atomic mass is 9.92. The van der Waals surface area contributed by atoms with Gasteiger partial charge in [-0.1, -0.05) is 20.8 Å². The van der Waals surface area contributed by atoms with Crippen molar-refractivity contribution in [1.82, 2.24) is 9.88 Å². The highest BCUT2D eigenvalue weighted by atomic mass is 32.1. The predicted octanol–water partition coefficient (Wildman–Crippen LogP) is 2.84. The van der Waals surface area contributed by atoms with E-state index in [0.717, 1.165) is 17.1 Å². The van der Waals surface area contributed by atoms with Crippen molar-refractivity contribution in [2.45, 2.75) is 71.0 Å². The Hall–Kier alpha value is -0.940. The molecule has 5 heteroatoms. The second-order valence-corrected chi connectivity index (χ2v) is 7.73. The van der Waals surface area contributed by atoms with Crippen LogP contribution in [0.25, 0.3) is 0 Å². The lowest BCUT2D eigenvalue weighted by Crippen LogP contribution is -2.51. The molecule has 1 aliphatic rings. The van der Waals surface area contributed by atoms with Crippen LogP contribution in [0.5, 0.6) is 0 Å². The van der Waals surface area contributed by atoms with Crippen molar-refractivity contribution in [2.75, 3.05) is 0 Å². The fourth-order valence-electron chi connectivity index (χ4n) is 2.68. The largest absolute Gasteiger partial charge is 0.330 e. The van der Waals surface area contributed by atoms with Crippen LogP contribution in [-0.2, 0) is 10.2 Å². The summed E-state index contributed by atoms with van der Waals surface area (Å²) in [5.74, 6) is 0.192. The third kappa shape index (κ3) is 2.88. The number of carbonyl (C=O) groups is 1. The zero-order chi connectivity index (χ0) is 15.1. The molecule has 0 aromatic carbocycles. The summed E-state index contributed by atoms with van der Waals surface area (Å²) in [6.07, 6.45) is 1.29. The second kappa shape index (κ2) is 5.45. The standard InChI is InChI=1S/C15H25N3OS/c1-9(2)18-12(19)7-6-10(16)13(18)11-8-20-14(17-11)15(3,4)5/h8-10,13H,6-7,16H2,1-5H3. The van der Waals surface area contributed by atoms with Crippen LogP contribution >= 0.6 is 11.3 Å². The first-order valence-electron chi connectivity index (χ1n) is 7.24. The van der Waals surface area contributed by atoms with Gasteiger partial charge < -0.3 is 10.6 Å². The molecule has 0 saturated carbocycles. The van der Waals surface area contributed by atoms with Crippen LogP contribution in [0.4, 0.5) is 0 Å². The van der Waals surface area contributed by atoms with Crippen LogP contribution in [0, 0.1) is 0 Å². The van der Waals surface area contributed by atoms with E-state index in [4.69, 9.17) is 10.7 Å². The average Bonchev–Trinajstić information content (AvgIpc) is 2.80. The molecule has 4 nitrogen and oxygen atoms in total. The van der Waals surface area contributed by atoms with E-state index < -0.39 is 0 Å². The third-order valence-electron chi connectivity index (χ3n) is 3.71. The van der Waals surface area contributed by atoms with Gasteiger partial charge in [0.2, 0.25) is 5.91 Å². The van der Waals surface area contributed by atoms with Gasteiger partial charge in [0.25, 0.3) is 0 Å². The second-order valence-electron chi connectivity index (χ2n) is 6.87. The number of hydrogen-bond acceptors (Lipinski definition) is 4. The van der Waals surface area contributed by atoms with Crippen molar-refractivity contribution in [3.05, 3.63) is 16.1 Å². The van der Waals surface area contributed by atoms with Gasteiger partial charge in [0.05, 0.1) is 16.7 Å². The van der Waals surface area contributed by atoms with Gasteiger partial charge in [-0.2, -0.15) is 0 Å². The Morgan fingerprint density at radius 3 is 2.60 bits per heavy atom. The van der Waals surface area contributed by atoms with Gasteiger partial charge in [-0.3, -0.25) is 4.79 Å². The van der Waals surface area contributed by atoms with Gasteiger partial charge in [0, 0.05) is 29.3 Å². The quantitative estimate of drug-likeness (QED) is 0.912. The number of thiazole rings is 1. The van der Waals surface area contributed by atoms with Crippen LogP contribution in [0.15, 0.2) is 5.38 Å². The van der Waals surface area contributed by atoms with Crippen molar-refractivity contribution in [3.8, 4) is 0 Å². The van der Waals surface area contributed by atoms with E-state index in [0.29, 0.717) is 6.42 Å². The molecule has 1 aliphatic heterocycles. The minimum Gasteiger partial charge on any atom is -0.330 e. The summed E-state index contributed by atoms with van der Waals surface area (Å²) in [4.78, 5) is 18.9. The number of aromatic nitrogens is 1. The molecule has 0 bridgehead atoms. The zero-order valence-electron chi connectivity index (χ0n) is 13.0. The van der Waals surface area contributed by atoms with E-state index in [1.54, 1.807) is 11.3 Å². The lowest BCUT2D eigenvalue weighted by molar-refractivity contribution is -0.139. The van der Waals surface area contributed by atoms with Gasteiger partial charge >= 0.3 is 0 Å². The molecule has 2 atom stereocenters. The van der Waals surface area contributed by atoms with Crippen molar-refractivity contribution in [2.24, 2.45) is 5.73 Å². The maximum absolute atomic E-state index is 12.2. The molecule has 1 amide bonds. The molecular formula is C15H25N3OS. The Labute approximate surface area is 125 Å². The minimum atomic E-state index is -0.0800. The summed E-state index contributed by atoms with van der Waals surface area (Å²) in [6, 6.07) is 0.0484. The predicted molar refractivity (Wildman–Crippen MR) is 82.7 cm³/mol. The molecule has 2 heterocycles. The molecular weight excluding hydrogens is 270 g/mol. The van der Waals surface area contributed by atoms with Crippen molar-refractivity contribution in [1.29, 1.82) is 0 Å². The normalized spacial score (nSPS) is 24.6. The molecule has 20 heavy (non-hydrogen) atoms. The molecule has 0 radical (unpaired) electrons. The van der Waals surface area contributed by atoms with Gasteiger partial charge in [-0.05, 0) is 20.3 Å². The summed E-state index contributed by atoms with van der Waals surface area (Å²) >= 11 is 1.66. The van der Waals surface area contributed by atoms with E-state index in [1.165, 1.54) is 0 Å². The first-order valence-corrected chi connectivity index (χ1v) is 8.12. The molecule has 2 unspecified atom stereocenters. The minimum absolute atomic E-state index is 0.0231. The maximum Gasteiger partial charge on any atom is 0.223 e. The maximum atomic E-state index is 12.2. The molecule has 2 N–H and O–H groups in total. The smallest absolute Gasteiger partial charge is 0.223 e. The van der Waals surface area contributed by atoms with Crippen LogP contribution in [-0.4, -0.2) is 27.9 Å². The van der Waals surface area contributed by atoms with E-state index in [9.17, 15) is 4.79 Å². The monoisotopic (exact) mass is 295 g/mol. The Bertz CT molecular complexity index is 490. The zero-order valence-corrected chi connectivity index (χ0v) is 13.8.